The van der Waals surface area contributed by atoms with Gasteiger partial charge in [-0.15, -0.1) is 0 Å². The van der Waals surface area contributed by atoms with Crippen molar-refractivity contribution in [2.45, 2.75) is 13.0 Å². The first-order valence-electron chi connectivity index (χ1n) is 4.98. The van der Waals surface area contributed by atoms with E-state index >= 15 is 0 Å². The fourth-order valence-electron chi connectivity index (χ4n) is 1.28. The minimum absolute atomic E-state index is 0.350. The Morgan fingerprint density at radius 1 is 1.19 bits per heavy atom. The van der Waals surface area contributed by atoms with Gasteiger partial charge >= 0.3 is 0 Å². The van der Waals surface area contributed by atoms with Crippen molar-refractivity contribution in [2.75, 3.05) is 18.6 Å². The van der Waals surface area contributed by atoms with Gasteiger partial charge in [0, 0.05) is 6.54 Å². The van der Waals surface area contributed by atoms with Gasteiger partial charge in [0.05, 0.1) is 0 Å². The molecule has 90 valence electrons. The van der Waals surface area contributed by atoms with E-state index in [0.29, 0.717) is 12.1 Å². The Labute approximate surface area is 97.4 Å². The second-order valence-corrected chi connectivity index (χ2v) is 4.38. The molecule has 1 aromatic rings. The van der Waals surface area contributed by atoms with Gasteiger partial charge in [-0.3, -0.25) is 0 Å². The van der Waals surface area contributed by atoms with E-state index in [1.165, 1.54) is 0 Å². The summed E-state index contributed by atoms with van der Waals surface area (Å²) in [5.41, 5.74) is 0.417. The summed E-state index contributed by atoms with van der Waals surface area (Å²) in [5, 5.41) is 3.04. The van der Waals surface area contributed by atoms with Crippen LogP contribution in [0, 0.1) is 17.5 Å². The Bertz CT molecular complexity index is 321. The molecule has 1 rings (SSSR count). The van der Waals surface area contributed by atoms with Gasteiger partial charge in [0.2, 0.25) is 0 Å². The van der Waals surface area contributed by atoms with Crippen LogP contribution in [0.3, 0.4) is 0 Å². The minimum Gasteiger partial charge on any atom is -0.313 e. The first-order chi connectivity index (χ1) is 7.65. The fourth-order valence-corrected chi connectivity index (χ4v) is 1.72. The summed E-state index contributed by atoms with van der Waals surface area (Å²) in [6.07, 6.45) is 3.01. The first-order valence-corrected chi connectivity index (χ1v) is 6.37. The second kappa shape index (κ2) is 6.81. The summed E-state index contributed by atoms with van der Waals surface area (Å²) < 4.78 is 38.3. The molecule has 0 aliphatic heterocycles. The highest BCUT2D eigenvalue weighted by molar-refractivity contribution is 7.98. The Morgan fingerprint density at radius 2 is 1.81 bits per heavy atom. The number of hydrogen-bond donors (Lipinski definition) is 1. The molecule has 0 spiro atoms. The van der Waals surface area contributed by atoms with Crippen LogP contribution in [-0.2, 0) is 6.54 Å². The number of nitrogens with one attached hydrogen (secondary N) is 1. The molecule has 0 radical (unpaired) electrons. The topological polar surface area (TPSA) is 12.0 Å². The molecular weight excluding hydrogens is 235 g/mol. The predicted molar refractivity (Wildman–Crippen MR) is 61.0 cm³/mol. The summed E-state index contributed by atoms with van der Waals surface area (Å²) >= 11 is 1.75. The molecule has 5 heteroatoms. The van der Waals surface area contributed by atoms with Crippen LogP contribution in [-0.4, -0.2) is 18.6 Å². The summed E-state index contributed by atoms with van der Waals surface area (Å²) in [7, 11) is 0. The van der Waals surface area contributed by atoms with Crippen LogP contribution in [0.25, 0.3) is 0 Å². The molecule has 0 saturated heterocycles. The average molecular weight is 249 g/mol. The molecule has 0 aromatic heterocycles. The zero-order valence-electron chi connectivity index (χ0n) is 9.03. The number of halogens is 3. The van der Waals surface area contributed by atoms with Gasteiger partial charge in [0.15, 0.2) is 17.5 Å². The minimum atomic E-state index is -1.41. The Morgan fingerprint density at radius 3 is 2.38 bits per heavy atom. The van der Waals surface area contributed by atoms with E-state index < -0.39 is 17.5 Å². The zero-order chi connectivity index (χ0) is 12.0. The molecule has 16 heavy (non-hydrogen) atoms. The number of hydrogen-bond acceptors (Lipinski definition) is 2. The Hall–Kier alpha value is -0.680. The van der Waals surface area contributed by atoms with Crippen molar-refractivity contribution in [2.24, 2.45) is 0 Å². The smallest absolute Gasteiger partial charge is 0.194 e. The highest BCUT2D eigenvalue weighted by Gasteiger charge is 2.09. The molecule has 0 fully saturated rings. The van der Waals surface area contributed by atoms with Crippen molar-refractivity contribution in [1.29, 1.82) is 0 Å². The largest absolute Gasteiger partial charge is 0.313 e. The SMILES string of the molecule is CSCCCNCc1cc(F)c(F)c(F)c1. The van der Waals surface area contributed by atoms with Crippen LogP contribution < -0.4 is 5.32 Å². The van der Waals surface area contributed by atoms with Crippen LogP contribution >= 0.6 is 11.8 Å². The van der Waals surface area contributed by atoms with E-state index in [9.17, 15) is 13.2 Å². The molecule has 1 N–H and O–H groups in total. The van der Waals surface area contributed by atoms with Crippen molar-refractivity contribution in [3.05, 3.63) is 35.1 Å². The maximum atomic E-state index is 12.8. The van der Waals surface area contributed by atoms with Crippen LogP contribution in [0.2, 0.25) is 0 Å². The van der Waals surface area contributed by atoms with Gasteiger partial charge in [-0.05, 0) is 42.7 Å². The van der Waals surface area contributed by atoms with Crippen molar-refractivity contribution in [3.63, 3.8) is 0 Å². The van der Waals surface area contributed by atoms with E-state index in [2.05, 4.69) is 5.32 Å². The Balaban J connectivity index is 2.43. The normalized spacial score (nSPS) is 10.8. The second-order valence-electron chi connectivity index (χ2n) is 3.40. The molecule has 0 unspecified atom stereocenters. The standard InChI is InChI=1S/C11H14F3NS/c1-16-4-2-3-15-7-8-5-9(12)11(14)10(13)6-8/h5-6,15H,2-4,7H2,1H3. The monoisotopic (exact) mass is 249 g/mol. The third-order valence-corrected chi connectivity index (χ3v) is 2.77. The van der Waals surface area contributed by atoms with Gasteiger partial charge in [-0.2, -0.15) is 11.8 Å². The zero-order valence-corrected chi connectivity index (χ0v) is 9.84. The fraction of sp³-hybridized carbons (Fsp3) is 0.455. The van der Waals surface area contributed by atoms with Crippen LogP contribution in [0.15, 0.2) is 12.1 Å². The Kier molecular flexibility index (Phi) is 5.69. The van der Waals surface area contributed by atoms with E-state index in [-0.39, 0.29) is 0 Å². The van der Waals surface area contributed by atoms with Crippen molar-refractivity contribution < 1.29 is 13.2 Å². The lowest BCUT2D eigenvalue weighted by Crippen LogP contribution is -2.15. The van der Waals surface area contributed by atoms with Gasteiger partial charge in [0.1, 0.15) is 0 Å². The van der Waals surface area contributed by atoms with Crippen molar-refractivity contribution in [1.82, 2.24) is 5.32 Å². The lowest BCUT2D eigenvalue weighted by atomic mass is 10.2. The quantitative estimate of drug-likeness (QED) is 0.614. The molecule has 0 atom stereocenters. The van der Waals surface area contributed by atoms with E-state index in [1.54, 1.807) is 11.8 Å². The predicted octanol–water partition coefficient (Wildman–Crippen LogP) is 2.95. The molecular formula is C11H14F3NS. The van der Waals surface area contributed by atoms with Gasteiger partial charge in [-0.1, -0.05) is 0 Å². The molecule has 0 amide bonds. The number of benzene rings is 1. The highest BCUT2D eigenvalue weighted by Crippen LogP contribution is 2.13. The van der Waals surface area contributed by atoms with Gasteiger partial charge in [-0.25, -0.2) is 13.2 Å². The van der Waals surface area contributed by atoms with E-state index in [4.69, 9.17) is 0 Å². The van der Waals surface area contributed by atoms with Gasteiger partial charge < -0.3 is 5.32 Å². The molecule has 0 aliphatic carbocycles. The molecule has 0 heterocycles. The third-order valence-electron chi connectivity index (χ3n) is 2.07. The number of rotatable bonds is 6. The lowest BCUT2D eigenvalue weighted by molar-refractivity contribution is 0.444. The lowest BCUT2D eigenvalue weighted by Gasteiger charge is -2.05. The summed E-state index contributed by atoms with van der Waals surface area (Å²) in [6, 6.07) is 2.03. The molecule has 0 aliphatic rings. The summed E-state index contributed by atoms with van der Waals surface area (Å²) in [6.45, 7) is 1.13. The van der Waals surface area contributed by atoms with E-state index in [1.807, 2.05) is 6.26 Å². The highest BCUT2D eigenvalue weighted by atomic mass is 32.2. The van der Waals surface area contributed by atoms with Crippen molar-refractivity contribution >= 4 is 11.8 Å². The third kappa shape index (κ3) is 4.06. The average Bonchev–Trinajstić information content (AvgIpc) is 2.25. The van der Waals surface area contributed by atoms with E-state index in [0.717, 1.165) is 30.9 Å². The van der Waals surface area contributed by atoms with Crippen LogP contribution in [0.1, 0.15) is 12.0 Å². The summed E-state index contributed by atoms with van der Waals surface area (Å²) in [5.74, 6) is -2.65. The maximum Gasteiger partial charge on any atom is 0.194 e. The number of thioether (sulfide) groups is 1. The van der Waals surface area contributed by atoms with Gasteiger partial charge in [0.25, 0.3) is 0 Å². The molecule has 0 bridgehead atoms. The summed E-state index contributed by atoms with van der Waals surface area (Å²) in [4.78, 5) is 0. The first kappa shape index (κ1) is 13.4. The van der Waals surface area contributed by atoms with Crippen LogP contribution in [0.4, 0.5) is 13.2 Å². The maximum absolute atomic E-state index is 12.8. The van der Waals surface area contributed by atoms with Crippen LogP contribution in [0.5, 0.6) is 0 Å². The van der Waals surface area contributed by atoms with Crippen molar-refractivity contribution in [3.8, 4) is 0 Å². The molecule has 1 aromatic carbocycles. The molecule has 1 nitrogen and oxygen atoms in total. The molecule has 0 saturated carbocycles.